The van der Waals surface area contributed by atoms with E-state index in [1.165, 1.54) is 0 Å². The first kappa shape index (κ1) is 58.7. The Labute approximate surface area is 469 Å². The lowest BCUT2D eigenvalue weighted by Gasteiger charge is -2.67. The third-order valence-corrected chi connectivity index (χ3v) is 26.2. The zero-order chi connectivity index (χ0) is 54.3. The van der Waals surface area contributed by atoms with E-state index in [0.717, 1.165) is 63.0 Å². The number of allylic oxidation sites excluding steroid dienone is 1. The minimum atomic E-state index is -2.51. The SMILES string of the molecule is CCOC(=O)CCc1cc2ccoc2c2c1OC1OC3(CSSC45CC(CSSCC(CCC3O)C(C)CCC4NCCO2)C2(CCC(CNC)C2)C5CCC(O)CCCO)C2(O)CC3C=CC(O)C(CO)C3C1(O)C2O. The molecule has 4 aliphatic carbocycles. The molecular formula is C57H86N2O14S4. The molecule has 77 heavy (non-hydrogen) atoms. The second-order valence-corrected chi connectivity index (χ2v) is 29.4. The van der Waals surface area contributed by atoms with Crippen molar-refractivity contribution in [2.75, 3.05) is 63.8 Å². The molecule has 1 aromatic carbocycles. The Balaban J connectivity index is 1.19. The van der Waals surface area contributed by atoms with Crippen LogP contribution in [0.5, 0.6) is 11.5 Å². The number of benzene rings is 1. The Bertz CT molecular complexity index is 2370. The number of esters is 1. The van der Waals surface area contributed by atoms with Crippen molar-refractivity contribution in [2.45, 2.75) is 168 Å². The van der Waals surface area contributed by atoms with Crippen molar-refractivity contribution < 1.29 is 69.0 Å². The molecule has 0 amide bonds. The van der Waals surface area contributed by atoms with Gasteiger partial charge in [0, 0.05) is 71.4 Å². The van der Waals surface area contributed by atoms with Crippen LogP contribution in [0, 0.1) is 52.8 Å². The van der Waals surface area contributed by atoms with Crippen molar-refractivity contribution >= 4 is 60.1 Å². The zero-order valence-corrected chi connectivity index (χ0v) is 48.4. The maximum atomic E-state index is 13.9. The van der Waals surface area contributed by atoms with Crippen molar-refractivity contribution in [3.05, 3.63) is 36.1 Å². The standard InChI is InChI=1S/C57H86N2O14S4/c1-4-69-46(65)16-10-35-24-36-18-22-70-48(36)50-49(35)72-52-57(68)47-37(8-12-42(63)41(47)29-61)26-55(67,51(57)66)56(73-52)32-76-77-54-27-39(53(19-17-34(25-53)28-58-3)43(54)13-11-40(62)6-5-21-60)31-75-74-30-38(9-15-45(56)64)33(2)7-14-44(54)59-20-23-71-50/h8,12,18,22,24,33-34,37-45,47,51-52,58-64,66-68H,4-7,9-11,13-17,19-21,23,25-32H2,1-3H3. The van der Waals surface area contributed by atoms with Gasteiger partial charge in [0.2, 0.25) is 12.0 Å². The molecule has 10 rings (SSSR count). The Morgan fingerprint density at radius 1 is 1.00 bits per heavy atom. The van der Waals surface area contributed by atoms with Crippen molar-refractivity contribution in [2.24, 2.45) is 52.8 Å². The lowest BCUT2D eigenvalue weighted by atomic mass is 9.50. The highest BCUT2D eigenvalue weighted by Gasteiger charge is 2.78. The van der Waals surface area contributed by atoms with Crippen molar-refractivity contribution in [3.8, 4) is 11.5 Å². The Kier molecular flexibility index (Phi) is 18.6. The number of aliphatic hydroxyl groups excluding tert-OH is 6. The molecule has 19 unspecified atom stereocenters. The first-order valence-electron chi connectivity index (χ1n) is 28.8. The molecule has 16 nitrogen and oxygen atoms in total. The lowest BCUT2D eigenvalue weighted by molar-refractivity contribution is -0.424. The average Bonchev–Trinajstić information content (AvgIpc) is 4.25. The number of carbonyl (C=O) groups is 1. The molecular weight excluding hydrogens is 1060 g/mol. The van der Waals surface area contributed by atoms with Crippen LogP contribution < -0.4 is 20.1 Å². The van der Waals surface area contributed by atoms with E-state index in [-0.39, 0.29) is 92.0 Å². The van der Waals surface area contributed by atoms with Crippen LogP contribution in [0.25, 0.3) is 11.0 Å². The van der Waals surface area contributed by atoms with E-state index < -0.39 is 82.6 Å². The molecule has 4 aliphatic heterocycles. The summed E-state index contributed by atoms with van der Waals surface area (Å²) in [6.07, 6.45) is 6.85. The molecule has 5 heterocycles. The predicted octanol–water partition coefficient (Wildman–Crippen LogP) is 6.01. The van der Waals surface area contributed by atoms with Crippen molar-refractivity contribution in [1.82, 2.24) is 10.6 Å². The summed E-state index contributed by atoms with van der Waals surface area (Å²) in [7, 11) is 9.31. The Hall–Kier alpha value is -1.47. The topological polar surface area (TPSA) is 253 Å². The highest BCUT2D eigenvalue weighted by atomic mass is 33.1. The van der Waals surface area contributed by atoms with Gasteiger partial charge in [-0.1, -0.05) is 62.3 Å². The fraction of sp³-hybridized carbons (Fsp3) is 0.807. The zero-order valence-electron chi connectivity index (χ0n) is 45.1. The molecule has 20 heteroatoms. The van der Waals surface area contributed by atoms with Gasteiger partial charge in [0.05, 0.1) is 31.2 Å². The number of nitrogens with one attached hydrogen (secondary N) is 2. The van der Waals surface area contributed by atoms with E-state index >= 15 is 0 Å². The second kappa shape index (κ2) is 24.4. The van der Waals surface area contributed by atoms with E-state index in [0.29, 0.717) is 60.6 Å². The first-order valence-corrected chi connectivity index (χ1v) is 33.6. The molecule has 10 N–H and O–H groups in total. The molecule has 6 fully saturated rings. The molecule has 3 saturated heterocycles. The molecule has 8 bridgehead atoms. The predicted molar refractivity (Wildman–Crippen MR) is 302 cm³/mol. The summed E-state index contributed by atoms with van der Waals surface area (Å²) in [4.78, 5) is 13.1. The smallest absolute Gasteiger partial charge is 0.306 e. The summed E-state index contributed by atoms with van der Waals surface area (Å²) in [5.41, 5.74) is -6.02. The number of hydrogen-bond donors (Lipinski definition) is 10. The Morgan fingerprint density at radius 2 is 1.83 bits per heavy atom. The van der Waals surface area contributed by atoms with E-state index in [1.807, 2.05) is 45.5 Å². The number of aryl methyl sites for hydroxylation is 1. The van der Waals surface area contributed by atoms with Gasteiger partial charge in [-0.2, -0.15) is 0 Å². The Morgan fingerprint density at radius 3 is 2.62 bits per heavy atom. The summed E-state index contributed by atoms with van der Waals surface area (Å²) in [6, 6.07) is 3.58. The minimum absolute atomic E-state index is 0.0171. The number of aliphatic hydroxyl groups is 8. The summed E-state index contributed by atoms with van der Waals surface area (Å²) in [6.45, 7) is 5.22. The fourth-order valence-electron chi connectivity index (χ4n) is 16.3. The van der Waals surface area contributed by atoms with E-state index in [9.17, 15) is 45.6 Å². The van der Waals surface area contributed by atoms with Crippen LogP contribution in [0.2, 0.25) is 0 Å². The molecule has 19 atom stereocenters. The van der Waals surface area contributed by atoms with Crippen molar-refractivity contribution in [1.29, 1.82) is 0 Å². The van der Waals surface area contributed by atoms with Crippen LogP contribution in [0.15, 0.2) is 35.0 Å². The first-order chi connectivity index (χ1) is 37.1. The van der Waals surface area contributed by atoms with Gasteiger partial charge in [0.25, 0.3) is 0 Å². The third kappa shape index (κ3) is 10.6. The van der Waals surface area contributed by atoms with Gasteiger partial charge in [0.15, 0.2) is 16.9 Å². The van der Waals surface area contributed by atoms with Crippen LogP contribution in [0.1, 0.15) is 109 Å². The molecule has 0 radical (unpaired) electrons. The second-order valence-electron chi connectivity index (χ2n) is 24.2. The van der Waals surface area contributed by atoms with E-state index in [1.54, 1.807) is 42.2 Å². The van der Waals surface area contributed by atoms with Gasteiger partial charge in [-0.3, -0.25) is 4.79 Å². The number of ether oxygens (including phenoxy) is 4. The van der Waals surface area contributed by atoms with Crippen LogP contribution in [0.4, 0.5) is 0 Å². The van der Waals surface area contributed by atoms with Crippen LogP contribution in [-0.4, -0.2) is 169 Å². The van der Waals surface area contributed by atoms with Gasteiger partial charge in [-0.25, -0.2) is 0 Å². The number of fused-ring (bicyclic) bond motifs is 16. The van der Waals surface area contributed by atoms with Gasteiger partial charge in [-0.05, 0) is 169 Å². The van der Waals surface area contributed by atoms with Crippen LogP contribution in [-0.2, 0) is 20.7 Å². The minimum Gasteiger partial charge on any atom is -0.485 e. The monoisotopic (exact) mass is 1150 g/mol. The maximum Gasteiger partial charge on any atom is 0.306 e. The third-order valence-electron chi connectivity index (χ3n) is 20.2. The highest BCUT2D eigenvalue weighted by Crippen LogP contribution is 2.71. The fourth-order valence-corrected chi connectivity index (χ4v) is 23.7. The van der Waals surface area contributed by atoms with Gasteiger partial charge < -0.3 is 74.9 Å². The molecule has 2 aromatic rings. The molecule has 1 aromatic heterocycles. The quantitative estimate of drug-likeness (QED) is 0.0626. The highest BCUT2D eigenvalue weighted by molar-refractivity contribution is 8.77. The summed E-state index contributed by atoms with van der Waals surface area (Å²) < 4.78 is 32.7. The summed E-state index contributed by atoms with van der Waals surface area (Å²) in [5, 5.41) is 107. The van der Waals surface area contributed by atoms with Crippen molar-refractivity contribution in [3.63, 3.8) is 0 Å². The van der Waals surface area contributed by atoms with Crippen LogP contribution >= 0.6 is 43.2 Å². The normalized spacial score (nSPS) is 42.6. The number of carbonyl (C=O) groups excluding carboxylic acids is 1. The van der Waals surface area contributed by atoms with Gasteiger partial charge in [-0.15, -0.1) is 0 Å². The average molecular weight is 1150 g/mol. The number of furan rings is 1. The van der Waals surface area contributed by atoms with E-state index in [4.69, 9.17) is 23.4 Å². The van der Waals surface area contributed by atoms with E-state index in [2.05, 4.69) is 17.6 Å². The molecule has 432 valence electrons. The maximum absolute atomic E-state index is 13.9. The lowest BCUT2D eigenvalue weighted by Crippen LogP contribution is -2.86. The number of hydrogen-bond acceptors (Lipinski definition) is 20. The van der Waals surface area contributed by atoms with Gasteiger partial charge >= 0.3 is 5.97 Å². The largest absolute Gasteiger partial charge is 0.485 e. The van der Waals surface area contributed by atoms with Gasteiger partial charge in [0.1, 0.15) is 23.9 Å². The summed E-state index contributed by atoms with van der Waals surface area (Å²) >= 11 is 0. The van der Waals surface area contributed by atoms with Crippen LogP contribution in [0.3, 0.4) is 0 Å². The number of rotatable bonds is 13. The molecule has 3 spiro atoms. The molecule has 3 saturated carbocycles. The molecule has 8 aliphatic rings. The summed E-state index contributed by atoms with van der Waals surface area (Å²) in [5.74, 6) is 0.213.